The summed E-state index contributed by atoms with van der Waals surface area (Å²) in [6.07, 6.45) is 0. The van der Waals surface area contributed by atoms with Crippen molar-refractivity contribution in [3.05, 3.63) is 60.4 Å². The molecule has 0 amide bonds. The van der Waals surface area contributed by atoms with Crippen LogP contribution in [0.25, 0.3) is 0 Å². The van der Waals surface area contributed by atoms with E-state index in [-0.39, 0.29) is 11.6 Å². The van der Waals surface area contributed by atoms with Crippen molar-refractivity contribution >= 4 is 21.9 Å². The summed E-state index contributed by atoms with van der Waals surface area (Å²) in [6.45, 7) is 0. The predicted molar refractivity (Wildman–Crippen MR) is 78.0 cm³/mol. The van der Waals surface area contributed by atoms with Crippen molar-refractivity contribution in [1.82, 2.24) is 0 Å². The Labute approximate surface area is 121 Å². The van der Waals surface area contributed by atoms with Gasteiger partial charge in [-0.15, -0.1) is 11.8 Å². The van der Waals surface area contributed by atoms with Crippen LogP contribution in [0.5, 0.6) is 5.75 Å². The van der Waals surface area contributed by atoms with E-state index in [9.17, 15) is 12.8 Å². The van der Waals surface area contributed by atoms with Crippen molar-refractivity contribution in [1.29, 1.82) is 0 Å². The van der Waals surface area contributed by atoms with Crippen LogP contribution >= 0.6 is 11.8 Å². The smallest absolute Gasteiger partial charge is 0.310 e. The summed E-state index contributed by atoms with van der Waals surface area (Å²) >= 11 is 1.34. The first kappa shape index (κ1) is 14.9. The molecule has 0 unspecified atom stereocenters. The monoisotopic (exact) mass is 312 g/mol. The molecule has 0 heterocycles. The van der Waals surface area contributed by atoms with Gasteiger partial charge in [-0.3, -0.25) is 0 Å². The van der Waals surface area contributed by atoms with Crippen molar-refractivity contribution in [2.75, 3.05) is 11.5 Å². The third-order valence-corrected chi connectivity index (χ3v) is 4.80. The maximum atomic E-state index is 12.7. The van der Waals surface area contributed by atoms with Gasteiger partial charge in [0, 0.05) is 10.6 Å². The first-order valence-corrected chi connectivity index (χ1v) is 8.47. The van der Waals surface area contributed by atoms with Crippen molar-refractivity contribution in [3.63, 3.8) is 0 Å². The van der Waals surface area contributed by atoms with E-state index in [0.717, 1.165) is 4.90 Å². The summed E-state index contributed by atoms with van der Waals surface area (Å²) in [5.41, 5.74) is 0. The van der Waals surface area contributed by atoms with Gasteiger partial charge in [0.15, 0.2) is 0 Å². The van der Waals surface area contributed by atoms with E-state index < -0.39 is 10.1 Å². The lowest BCUT2D eigenvalue weighted by Crippen LogP contribution is -2.15. The average molecular weight is 312 g/mol. The van der Waals surface area contributed by atoms with E-state index in [1.807, 2.05) is 0 Å². The average Bonchev–Trinajstić information content (AvgIpc) is 2.41. The molecule has 2 aromatic rings. The summed E-state index contributed by atoms with van der Waals surface area (Å²) in [7, 11) is -3.61. The Balaban J connectivity index is 1.85. The number of para-hydroxylation sites is 1. The van der Waals surface area contributed by atoms with Crippen LogP contribution in [0.3, 0.4) is 0 Å². The second-order valence-corrected chi connectivity index (χ2v) is 6.82. The van der Waals surface area contributed by atoms with Crippen molar-refractivity contribution in [3.8, 4) is 5.75 Å². The summed E-state index contributed by atoms with van der Waals surface area (Å²) in [6, 6.07) is 14.3. The highest BCUT2D eigenvalue weighted by atomic mass is 32.2. The lowest BCUT2D eigenvalue weighted by atomic mass is 10.3. The van der Waals surface area contributed by atoms with Crippen LogP contribution < -0.4 is 4.18 Å². The topological polar surface area (TPSA) is 43.4 Å². The molecule has 0 radical (unpaired) electrons. The van der Waals surface area contributed by atoms with Crippen LogP contribution in [-0.4, -0.2) is 19.9 Å². The number of rotatable bonds is 6. The number of halogens is 1. The van der Waals surface area contributed by atoms with Gasteiger partial charge in [-0.25, -0.2) is 4.39 Å². The van der Waals surface area contributed by atoms with E-state index in [2.05, 4.69) is 0 Å². The Morgan fingerprint density at radius 1 is 1.00 bits per heavy atom. The summed E-state index contributed by atoms with van der Waals surface area (Å²) in [4.78, 5) is 0.821. The molecule has 0 aliphatic carbocycles. The van der Waals surface area contributed by atoms with Gasteiger partial charge in [0.2, 0.25) is 0 Å². The normalized spacial score (nSPS) is 11.2. The van der Waals surface area contributed by atoms with Gasteiger partial charge in [-0.2, -0.15) is 8.42 Å². The van der Waals surface area contributed by atoms with Gasteiger partial charge < -0.3 is 4.18 Å². The van der Waals surface area contributed by atoms with Gasteiger partial charge in [0.05, 0.1) is 5.75 Å². The maximum absolute atomic E-state index is 12.7. The van der Waals surface area contributed by atoms with Crippen molar-refractivity contribution in [2.45, 2.75) is 4.90 Å². The zero-order chi connectivity index (χ0) is 14.4. The number of hydrogen-bond donors (Lipinski definition) is 0. The van der Waals surface area contributed by atoms with E-state index in [1.165, 1.54) is 23.9 Å². The highest BCUT2D eigenvalue weighted by molar-refractivity contribution is 8.00. The second kappa shape index (κ2) is 6.76. The molecule has 3 nitrogen and oxygen atoms in total. The summed E-state index contributed by atoms with van der Waals surface area (Å²) < 4.78 is 41.2. The molecule has 0 fully saturated rings. The lowest BCUT2D eigenvalue weighted by Gasteiger charge is -2.06. The second-order valence-electron chi connectivity index (χ2n) is 3.96. The summed E-state index contributed by atoms with van der Waals surface area (Å²) in [5.74, 6) is 0.235. The standard InChI is InChI=1S/C14H13FO3S2/c15-12-6-8-14(9-7-12)19-10-11-20(16,17)18-13-4-2-1-3-5-13/h1-9H,10-11H2. The highest BCUT2D eigenvalue weighted by Gasteiger charge is 2.12. The molecule has 0 aromatic heterocycles. The molecule has 20 heavy (non-hydrogen) atoms. The number of hydrogen-bond acceptors (Lipinski definition) is 4. The molecular weight excluding hydrogens is 299 g/mol. The van der Waals surface area contributed by atoms with E-state index in [4.69, 9.17) is 4.18 Å². The predicted octanol–water partition coefficient (Wildman–Crippen LogP) is 3.33. The van der Waals surface area contributed by atoms with E-state index in [0.29, 0.717) is 11.5 Å². The lowest BCUT2D eigenvalue weighted by molar-refractivity contribution is 0.488. The fourth-order valence-corrected chi connectivity index (χ4v) is 3.66. The molecule has 0 bridgehead atoms. The van der Waals surface area contributed by atoms with Crippen LogP contribution in [0.4, 0.5) is 4.39 Å². The number of thioether (sulfide) groups is 1. The van der Waals surface area contributed by atoms with Crippen LogP contribution in [0.1, 0.15) is 0 Å². The highest BCUT2D eigenvalue weighted by Crippen LogP contribution is 2.19. The van der Waals surface area contributed by atoms with Crippen molar-refractivity contribution < 1.29 is 17.0 Å². The molecule has 0 saturated carbocycles. The van der Waals surface area contributed by atoms with Crippen LogP contribution in [0, 0.1) is 5.82 Å². The Hall–Kier alpha value is -1.53. The zero-order valence-electron chi connectivity index (χ0n) is 10.5. The largest absolute Gasteiger partial charge is 0.382 e. The fourth-order valence-electron chi connectivity index (χ4n) is 1.46. The molecule has 6 heteroatoms. The third kappa shape index (κ3) is 4.86. The zero-order valence-corrected chi connectivity index (χ0v) is 12.2. The Kier molecular flexibility index (Phi) is 5.03. The molecule has 0 aliphatic rings. The molecular formula is C14H13FO3S2. The molecule has 0 spiro atoms. The van der Waals surface area contributed by atoms with E-state index >= 15 is 0 Å². The van der Waals surface area contributed by atoms with E-state index in [1.54, 1.807) is 42.5 Å². The van der Waals surface area contributed by atoms with Crippen molar-refractivity contribution in [2.24, 2.45) is 0 Å². The van der Waals surface area contributed by atoms with Gasteiger partial charge in [-0.1, -0.05) is 18.2 Å². The quantitative estimate of drug-likeness (QED) is 0.606. The van der Waals surface area contributed by atoms with Crippen LogP contribution in [0.2, 0.25) is 0 Å². The fraction of sp³-hybridized carbons (Fsp3) is 0.143. The van der Waals surface area contributed by atoms with Crippen LogP contribution in [0.15, 0.2) is 59.5 Å². The molecule has 2 rings (SSSR count). The Morgan fingerprint density at radius 2 is 1.65 bits per heavy atom. The van der Waals surface area contributed by atoms with Gasteiger partial charge >= 0.3 is 10.1 Å². The summed E-state index contributed by atoms with van der Waals surface area (Å²) in [5, 5.41) is 0. The minimum Gasteiger partial charge on any atom is -0.382 e. The SMILES string of the molecule is O=S(=O)(CCSc1ccc(F)cc1)Oc1ccccc1. The minimum atomic E-state index is -3.61. The molecule has 0 aliphatic heterocycles. The molecule has 106 valence electrons. The molecule has 0 atom stereocenters. The molecule has 0 saturated heterocycles. The minimum absolute atomic E-state index is 0.107. The third-order valence-electron chi connectivity index (χ3n) is 2.38. The molecule has 2 aromatic carbocycles. The van der Waals surface area contributed by atoms with Gasteiger partial charge in [-0.05, 0) is 36.4 Å². The van der Waals surface area contributed by atoms with Crippen LogP contribution in [-0.2, 0) is 10.1 Å². The Bertz CT molecular complexity index is 640. The number of benzene rings is 2. The molecule has 0 N–H and O–H groups in total. The Morgan fingerprint density at radius 3 is 2.30 bits per heavy atom. The van der Waals surface area contributed by atoms with Gasteiger partial charge in [0.25, 0.3) is 0 Å². The maximum Gasteiger partial charge on any atom is 0.310 e. The van der Waals surface area contributed by atoms with Gasteiger partial charge in [0.1, 0.15) is 11.6 Å². The first-order valence-electron chi connectivity index (χ1n) is 5.91. The first-order chi connectivity index (χ1) is 9.55.